The highest BCUT2D eigenvalue weighted by molar-refractivity contribution is 5.72. The number of ether oxygens (including phenoxy) is 1. The number of hydrogen-bond donors (Lipinski definition) is 0. The van der Waals surface area contributed by atoms with E-state index in [1.807, 2.05) is 6.92 Å². The Morgan fingerprint density at radius 3 is 2.58 bits per heavy atom. The fraction of sp³-hybridized carbons (Fsp3) is 0.941. The Morgan fingerprint density at radius 2 is 2.05 bits per heavy atom. The molecule has 110 valence electrons. The Kier molecular flexibility index (Phi) is 4.58. The summed E-state index contributed by atoms with van der Waals surface area (Å²) in [5.74, 6) is 2.33. The van der Waals surface area contributed by atoms with Crippen molar-refractivity contribution in [3.8, 4) is 0 Å². The maximum Gasteiger partial charge on any atom is 0.309 e. The second kappa shape index (κ2) is 5.85. The molecule has 2 bridgehead atoms. The third kappa shape index (κ3) is 2.68. The first-order chi connectivity index (χ1) is 9.06. The molecule has 0 heterocycles. The fourth-order valence-electron chi connectivity index (χ4n) is 4.44. The lowest BCUT2D eigenvalue weighted by Gasteiger charge is -2.41. The van der Waals surface area contributed by atoms with Crippen LogP contribution in [0, 0.1) is 23.7 Å². The Labute approximate surface area is 118 Å². The van der Waals surface area contributed by atoms with Gasteiger partial charge in [0.25, 0.3) is 0 Å². The first-order valence-electron chi connectivity index (χ1n) is 8.29. The zero-order valence-corrected chi connectivity index (χ0v) is 13.1. The molecule has 2 fully saturated rings. The van der Waals surface area contributed by atoms with Crippen LogP contribution in [-0.2, 0) is 9.53 Å². The summed E-state index contributed by atoms with van der Waals surface area (Å²) in [6, 6.07) is 0. The largest absolute Gasteiger partial charge is 0.459 e. The lowest BCUT2D eigenvalue weighted by atomic mass is 9.74. The third-order valence-electron chi connectivity index (χ3n) is 5.68. The minimum atomic E-state index is -0.122. The van der Waals surface area contributed by atoms with Crippen LogP contribution >= 0.6 is 0 Å². The van der Waals surface area contributed by atoms with Crippen molar-refractivity contribution in [2.24, 2.45) is 23.7 Å². The molecule has 5 unspecified atom stereocenters. The van der Waals surface area contributed by atoms with Crippen molar-refractivity contribution in [3.05, 3.63) is 0 Å². The third-order valence-corrected chi connectivity index (χ3v) is 5.68. The summed E-state index contributed by atoms with van der Waals surface area (Å²) in [4.78, 5) is 12.2. The molecule has 0 N–H and O–H groups in total. The van der Waals surface area contributed by atoms with Crippen molar-refractivity contribution in [1.29, 1.82) is 0 Å². The van der Waals surface area contributed by atoms with E-state index in [2.05, 4.69) is 20.8 Å². The molecule has 2 aliphatic carbocycles. The second-order valence-corrected chi connectivity index (χ2v) is 6.85. The summed E-state index contributed by atoms with van der Waals surface area (Å²) in [7, 11) is 0. The molecule has 5 atom stereocenters. The van der Waals surface area contributed by atoms with Gasteiger partial charge in [0.1, 0.15) is 5.60 Å². The van der Waals surface area contributed by atoms with E-state index in [0.717, 1.165) is 31.1 Å². The number of carbonyl (C=O) groups is 1. The molecule has 0 aromatic rings. The van der Waals surface area contributed by atoms with Gasteiger partial charge in [-0.25, -0.2) is 0 Å². The zero-order valence-electron chi connectivity index (χ0n) is 13.1. The van der Waals surface area contributed by atoms with Gasteiger partial charge in [-0.1, -0.05) is 40.5 Å². The zero-order chi connectivity index (χ0) is 14.0. The van der Waals surface area contributed by atoms with E-state index in [9.17, 15) is 4.79 Å². The van der Waals surface area contributed by atoms with Crippen molar-refractivity contribution in [2.75, 3.05) is 0 Å². The van der Waals surface area contributed by atoms with Gasteiger partial charge in [0.05, 0.1) is 5.92 Å². The van der Waals surface area contributed by atoms with Crippen molar-refractivity contribution < 1.29 is 9.53 Å². The van der Waals surface area contributed by atoms with Crippen LogP contribution in [0.15, 0.2) is 0 Å². The van der Waals surface area contributed by atoms with E-state index in [1.165, 1.54) is 25.7 Å². The summed E-state index contributed by atoms with van der Waals surface area (Å²) < 4.78 is 6.07. The highest BCUT2D eigenvalue weighted by Gasteiger charge is 2.56. The van der Waals surface area contributed by atoms with E-state index >= 15 is 0 Å². The van der Waals surface area contributed by atoms with Gasteiger partial charge in [0.15, 0.2) is 0 Å². The van der Waals surface area contributed by atoms with Crippen LogP contribution < -0.4 is 0 Å². The van der Waals surface area contributed by atoms with Crippen LogP contribution in [0.5, 0.6) is 0 Å². The van der Waals surface area contributed by atoms with Crippen LogP contribution in [0.2, 0.25) is 0 Å². The van der Waals surface area contributed by atoms with Gasteiger partial charge in [0.2, 0.25) is 0 Å². The molecule has 2 saturated carbocycles. The average molecular weight is 266 g/mol. The van der Waals surface area contributed by atoms with Crippen LogP contribution in [0.25, 0.3) is 0 Å². The maximum absolute atomic E-state index is 12.2. The van der Waals surface area contributed by atoms with E-state index in [4.69, 9.17) is 4.74 Å². The topological polar surface area (TPSA) is 26.3 Å². The molecule has 2 heteroatoms. The Morgan fingerprint density at radius 1 is 1.32 bits per heavy atom. The van der Waals surface area contributed by atoms with Gasteiger partial charge in [-0.3, -0.25) is 4.79 Å². The predicted molar refractivity (Wildman–Crippen MR) is 77.8 cm³/mol. The molecule has 0 saturated heterocycles. The standard InChI is InChI=1S/C17H30O2/c1-5-8-14-9-13-10-15(14)17(7-3,11-13)19-16(18)12(4)6-2/h12-15H,5-11H2,1-4H3. The minimum absolute atomic E-state index is 0.0344. The average Bonchev–Trinajstić information content (AvgIpc) is 2.95. The van der Waals surface area contributed by atoms with Crippen LogP contribution in [0.3, 0.4) is 0 Å². The molecule has 0 radical (unpaired) electrons. The molecule has 2 rings (SSSR count). The molecule has 0 aromatic heterocycles. The fourth-order valence-corrected chi connectivity index (χ4v) is 4.44. The quantitative estimate of drug-likeness (QED) is 0.658. The molecular weight excluding hydrogens is 236 g/mol. The number of rotatable bonds is 6. The summed E-state index contributed by atoms with van der Waals surface area (Å²) in [5, 5.41) is 0. The number of esters is 1. The van der Waals surface area contributed by atoms with Gasteiger partial charge < -0.3 is 4.74 Å². The molecule has 2 aliphatic rings. The Balaban J connectivity index is 2.08. The molecular formula is C17H30O2. The van der Waals surface area contributed by atoms with Gasteiger partial charge in [-0.05, 0) is 43.9 Å². The van der Waals surface area contributed by atoms with Gasteiger partial charge >= 0.3 is 5.97 Å². The van der Waals surface area contributed by atoms with Crippen LogP contribution in [-0.4, -0.2) is 11.6 Å². The predicted octanol–water partition coefficient (Wildman–Crippen LogP) is 4.57. The Hall–Kier alpha value is -0.530. The first-order valence-corrected chi connectivity index (χ1v) is 8.29. The van der Waals surface area contributed by atoms with Crippen molar-refractivity contribution >= 4 is 5.97 Å². The van der Waals surface area contributed by atoms with E-state index in [0.29, 0.717) is 5.92 Å². The molecule has 0 amide bonds. The molecule has 19 heavy (non-hydrogen) atoms. The SMILES string of the molecule is CCCC1CC2CC1C(CC)(OC(=O)C(C)CC)C2. The number of fused-ring (bicyclic) bond motifs is 2. The summed E-state index contributed by atoms with van der Waals surface area (Å²) in [6.45, 7) is 8.52. The normalized spacial score (nSPS) is 38.4. The lowest BCUT2D eigenvalue weighted by molar-refractivity contribution is -0.173. The first kappa shape index (κ1) is 14.9. The van der Waals surface area contributed by atoms with Gasteiger partial charge in [-0.15, -0.1) is 0 Å². The minimum Gasteiger partial charge on any atom is -0.459 e. The second-order valence-electron chi connectivity index (χ2n) is 6.85. The van der Waals surface area contributed by atoms with E-state index < -0.39 is 0 Å². The highest BCUT2D eigenvalue weighted by Crippen LogP contribution is 2.58. The van der Waals surface area contributed by atoms with Crippen LogP contribution in [0.1, 0.15) is 72.6 Å². The number of hydrogen-bond acceptors (Lipinski definition) is 2. The molecule has 2 nitrogen and oxygen atoms in total. The Bertz CT molecular complexity index is 325. The maximum atomic E-state index is 12.2. The highest BCUT2D eigenvalue weighted by atomic mass is 16.6. The molecule has 0 spiro atoms. The summed E-state index contributed by atoms with van der Waals surface area (Å²) in [5.41, 5.74) is -0.122. The monoisotopic (exact) mass is 266 g/mol. The van der Waals surface area contributed by atoms with Gasteiger partial charge in [-0.2, -0.15) is 0 Å². The number of carbonyl (C=O) groups excluding carboxylic acids is 1. The van der Waals surface area contributed by atoms with Crippen molar-refractivity contribution in [1.82, 2.24) is 0 Å². The summed E-state index contributed by atoms with van der Waals surface area (Å²) >= 11 is 0. The van der Waals surface area contributed by atoms with E-state index in [1.54, 1.807) is 0 Å². The van der Waals surface area contributed by atoms with E-state index in [-0.39, 0.29) is 17.5 Å². The van der Waals surface area contributed by atoms with Gasteiger partial charge in [0, 0.05) is 5.92 Å². The smallest absolute Gasteiger partial charge is 0.309 e. The molecule has 0 aromatic carbocycles. The molecule has 0 aliphatic heterocycles. The van der Waals surface area contributed by atoms with Crippen molar-refractivity contribution in [2.45, 2.75) is 78.2 Å². The lowest BCUT2D eigenvalue weighted by Crippen LogP contribution is -2.44. The summed E-state index contributed by atoms with van der Waals surface area (Å²) in [6.07, 6.45) is 8.24. The van der Waals surface area contributed by atoms with Crippen molar-refractivity contribution in [3.63, 3.8) is 0 Å². The van der Waals surface area contributed by atoms with Crippen LogP contribution in [0.4, 0.5) is 0 Å².